The molecule has 0 aromatic carbocycles. The zero-order valence-electron chi connectivity index (χ0n) is 11.3. The van der Waals surface area contributed by atoms with Crippen LogP contribution >= 0.6 is 0 Å². The molecule has 4 heteroatoms. The lowest BCUT2D eigenvalue weighted by molar-refractivity contribution is 0.0302. The zero-order valence-corrected chi connectivity index (χ0v) is 11.3. The summed E-state index contributed by atoms with van der Waals surface area (Å²) in [5, 5.41) is 12.1. The number of hydrogen-bond donors (Lipinski definition) is 1. The Hall–Kier alpha value is -1.44. The minimum Gasteiger partial charge on any atom is -0.377 e. The van der Waals surface area contributed by atoms with Crippen molar-refractivity contribution in [2.75, 3.05) is 13.2 Å². The molecule has 0 saturated heterocycles. The zero-order chi connectivity index (χ0) is 13.3. The Labute approximate surface area is 114 Å². The molecule has 0 unspecified atom stereocenters. The molecule has 0 atom stereocenters. The molecule has 1 heterocycles. The Morgan fingerprint density at radius 1 is 1.37 bits per heavy atom. The third-order valence-electron chi connectivity index (χ3n) is 3.45. The summed E-state index contributed by atoms with van der Waals surface area (Å²) in [7, 11) is 0. The largest absolute Gasteiger partial charge is 0.377 e. The van der Waals surface area contributed by atoms with Crippen molar-refractivity contribution >= 4 is 0 Å². The molecule has 1 aliphatic carbocycles. The maximum absolute atomic E-state index is 8.76. The molecule has 0 spiro atoms. The number of nitriles is 1. The summed E-state index contributed by atoms with van der Waals surface area (Å²) >= 11 is 0. The Balaban J connectivity index is 1.59. The van der Waals surface area contributed by atoms with E-state index in [1.54, 1.807) is 6.20 Å². The predicted molar refractivity (Wildman–Crippen MR) is 73.5 cm³/mol. The van der Waals surface area contributed by atoms with Crippen LogP contribution in [0.1, 0.15) is 43.4 Å². The molecule has 1 aromatic rings. The molecular formula is C15H21N3O. The summed E-state index contributed by atoms with van der Waals surface area (Å²) in [6.45, 7) is 2.37. The first kappa shape index (κ1) is 14.0. The van der Waals surface area contributed by atoms with E-state index in [9.17, 15) is 0 Å². The van der Waals surface area contributed by atoms with Crippen molar-refractivity contribution in [1.29, 1.82) is 5.26 Å². The van der Waals surface area contributed by atoms with Crippen molar-refractivity contribution in [2.24, 2.45) is 0 Å². The fourth-order valence-electron chi connectivity index (χ4n) is 2.41. The summed E-state index contributed by atoms with van der Waals surface area (Å²) in [5.41, 5.74) is 1.56. The Kier molecular flexibility index (Phi) is 5.80. The summed E-state index contributed by atoms with van der Waals surface area (Å²) < 4.78 is 5.84. The van der Waals surface area contributed by atoms with Gasteiger partial charge in [0.15, 0.2) is 0 Å². The quantitative estimate of drug-likeness (QED) is 0.797. The predicted octanol–water partition coefficient (Wildman–Crippen LogP) is 2.39. The maximum atomic E-state index is 8.76. The van der Waals surface area contributed by atoms with E-state index in [0.29, 0.717) is 11.8 Å². The van der Waals surface area contributed by atoms with Crippen LogP contribution in [-0.2, 0) is 11.3 Å². The molecule has 2 rings (SSSR count). The number of nitrogens with zero attached hydrogens (tertiary/aromatic N) is 2. The molecule has 0 radical (unpaired) electrons. The molecule has 1 aromatic heterocycles. The third-order valence-corrected chi connectivity index (χ3v) is 3.45. The SMILES string of the molecule is N#Cc1cc(CNCCOC2CCCCC2)ccn1. The Morgan fingerprint density at radius 3 is 3.00 bits per heavy atom. The van der Waals surface area contributed by atoms with Crippen molar-refractivity contribution in [3.05, 3.63) is 29.6 Å². The van der Waals surface area contributed by atoms with Crippen LogP contribution in [0.25, 0.3) is 0 Å². The average molecular weight is 259 g/mol. The van der Waals surface area contributed by atoms with Crippen LogP contribution in [0.5, 0.6) is 0 Å². The van der Waals surface area contributed by atoms with Gasteiger partial charge in [-0.25, -0.2) is 4.98 Å². The lowest BCUT2D eigenvalue weighted by atomic mass is 9.98. The molecule has 0 bridgehead atoms. The topological polar surface area (TPSA) is 57.9 Å². The third kappa shape index (κ3) is 4.98. The maximum Gasteiger partial charge on any atom is 0.140 e. The second kappa shape index (κ2) is 7.88. The van der Waals surface area contributed by atoms with Crippen molar-refractivity contribution in [2.45, 2.75) is 44.8 Å². The van der Waals surface area contributed by atoms with E-state index in [0.717, 1.165) is 25.3 Å². The highest BCUT2D eigenvalue weighted by molar-refractivity contribution is 5.25. The number of hydrogen-bond acceptors (Lipinski definition) is 4. The molecule has 4 nitrogen and oxygen atoms in total. The van der Waals surface area contributed by atoms with Gasteiger partial charge in [0.25, 0.3) is 0 Å². The molecular weight excluding hydrogens is 238 g/mol. The minimum atomic E-state index is 0.470. The van der Waals surface area contributed by atoms with E-state index in [2.05, 4.69) is 10.3 Å². The van der Waals surface area contributed by atoms with Crippen LogP contribution in [0.15, 0.2) is 18.3 Å². The van der Waals surface area contributed by atoms with Crippen molar-refractivity contribution in [1.82, 2.24) is 10.3 Å². The number of aromatic nitrogens is 1. The molecule has 1 N–H and O–H groups in total. The first-order valence-electron chi connectivity index (χ1n) is 7.06. The highest BCUT2D eigenvalue weighted by Gasteiger charge is 2.12. The van der Waals surface area contributed by atoms with Gasteiger partial charge in [0, 0.05) is 19.3 Å². The fourth-order valence-corrected chi connectivity index (χ4v) is 2.41. The first-order chi connectivity index (χ1) is 9.38. The van der Waals surface area contributed by atoms with Gasteiger partial charge >= 0.3 is 0 Å². The van der Waals surface area contributed by atoms with E-state index < -0.39 is 0 Å². The normalized spacial score (nSPS) is 16.2. The molecule has 1 saturated carbocycles. The number of ether oxygens (including phenoxy) is 1. The molecule has 102 valence electrons. The number of pyridine rings is 1. The lowest BCUT2D eigenvalue weighted by Crippen LogP contribution is -2.24. The van der Waals surface area contributed by atoms with Gasteiger partial charge in [-0.15, -0.1) is 0 Å². The number of rotatable bonds is 6. The summed E-state index contributed by atoms with van der Waals surface area (Å²) in [6.07, 6.45) is 8.57. The summed E-state index contributed by atoms with van der Waals surface area (Å²) in [6, 6.07) is 5.79. The monoisotopic (exact) mass is 259 g/mol. The van der Waals surface area contributed by atoms with E-state index in [1.165, 1.54) is 32.1 Å². The Bertz CT molecular complexity index is 422. The molecule has 0 aliphatic heterocycles. The molecule has 0 amide bonds. The van der Waals surface area contributed by atoms with Crippen LogP contribution in [-0.4, -0.2) is 24.2 Å². The van der Waals surface area contributed by atoms with E-state index in [1.807, 2.05) is 18.2 Å². The van der Waals surface area contributed by atoms with Crippen molar-refractivity contribution < 1.29 is 4.74 Å². The second-order valence-electron chi connectivity index (χ2n) is 4.97. The van der Waals surface area contributed by atoms with Gasteiger partial charge in [0.2, 0.25) is 0 Å². The standard InChI is InChI=1S/C15H21N3O/c16-11-14-10-13(6-7-18-14)12-17-8-9-19-15-4-2-1-3-5-15/h6-7,10,15,17H,1-5,8-9,12H2. The number of nitrogens with one attached hydrogen (secondary N) is 1. The average Bonchev–Trinajstić information content (AvgIpc) is 2.48. The van der Waals surface area contributed by atoms with Gasteiger partial charge in [-0.05, 0) is 30.5 Å². The van der Waals surface area contributed by atoms with E-state index in [-0.39, 0.29) is 0 Å². The van der Waals surface area contributed by atoms with E-state index >= 15 is 0 Å². The highest BCUT2D eigenvalue weighted by Crippen LogP contribution is 2.19. The van der Waals surface area contributed by atoms with Gasteiger partial charge in [-0.2, -0.15) is 5.26 Å². The highest BCUT2D eigenvalue weighted by atomic mass is 16.5. The minimum absolute atomic E-state index is 0.470. The van der Waals surface area contributed by atoms with Gasteiger partial charge < -0.3 is 10.1 Å². The van der Waals surface area contributed by atoms with Crippen LogP contribution in [0.4, 0.5) is 0 Å². The van der Waals surface area contributed by atoms with Crippen molar-refractivity contribution in [3.8, 4) is 6.07 Å². The van der Waals surface area contributed by atoms with Crippen LogP contribution in [0.3, 0.4) is 0 Å². The van der Waals surface area contributed by atoms with Crippen LogP contribution in [0, 0.1) is 11.3 Å². The van der Waals surface area contributed by atoms with Gasteiger partial charge in [-0.1, -0.05) is 19.3 Å². The molecule has 19 heavy (non-hydrogen) atoms. The van der Waals surface area contributed by atoms with Gasteiger partial charge in [0.1, 0.15) is 11.8 Å². The van der Waals surface area contributed by atoms with Crippen molar-refractivity contribution in [3.63, 3.8) is 0 Å². The van der Waals surface area contributed by atoms with Crippen LogP contribution in [0.2, 0.25) is 0 Å². The summed E-state index contributed by atoms with van der Waals surface area (Å²) in [5.74, 6) is 0. The fraction of sp³-hybridized carbons (Fsp3) is 0.600. The lowest BCUT2D eigenvalue weighted by Gasteiger charge is -2.22. The van der Waals surface area contributed by atoms with E-state index in [4.69, 9.17) is 10.00 Å². The Morgan fingerprint density at radius 2 is 2.21 bits per heavy atom. The molecule has 1 aliphatic rings. The van der Waals surface area contributed by atoms with Crippen LogP contribution < -0.4 is 5.32 Å². The van der Waals surface area contributed by atoms with Gasteiger partial charge in [0.05, 0.1) is 12.7 Å². The molecule has 1 fully saturated rings. The van der Waals surface area contributed by atoms with Gasteiger partial charge in [-0.3, -0.25) is 0 Å². The second-order valence-corrected chi connectivity index (χ2v) is 4.97. The summed E-state index contributed by atoms with van der Waals surface area (Å²) in [4.78, 5) is 3.95. The smallest absolute Gasteiger partial charge is 0.140 e. The first-order valence-corrected chi connectivity index (χ1v) is 7.06.